The van der Waals surface area contributed by atoms with Gasteiger partial charge in [0.25, 0.3) is 0 Å². The maximum atomic E-state index is 12.3. The summed E-state index contributed by atoms with van der Waals surface area (Å²) in [6, 6.07) is 9.84. The third kappa shape index (κ3) is 4.30. The molecule has 0 amide bonds. The molecule has 0 aliphatic rings. The summed E-state index contributed by atoms with van der Waals surface area (Å²) in [5.74, 6) is -0.118. The highest BCUT2D eigenvalue weighted by atomic mass is 79.9. The molecule has 0 fully saturated rings. The highest BCUT2D eigenvalue weighted by Gasteiger charge is 2.22. The molecule has 0 heterocycles. The SMILES string of the molecule is COc1ccc(C(=O)OCC(=O)c2ccc(Br)cc2)c(OC)c1OC. The van der Waals surface area contributed by atoms with E-state index < -0.39 is 5.97 Å². The van der Waals surface area contributed by atoms with Crippen LogP contribution in [-0.2, 0) is 4.74 Å². The molecule has 0 atom stereocenters. The Morgan fingerprint density at radius 2 is 1.52 bits per heavy atom. The summed E-state index contributed by atoms with van der Waals surface area (Å²) in [6.45, 7) is -0.377. The summed E-state index contributed by atoms with van der Waals surface area (Å²) >= 11 is 3.30. The first-order chi connectivity index (χ1) is 12.0. The molecule has 0 N–H and O–H groups in total. The second-order valence-corrected chi connectivity index (χ2v) is 5.80. The summed E-state index contributed by atoms with van der Waals surface area (Å²) < 4.78 is 21.6. The first kappa shape index (κ1) is 18.8. The van der Waals surface area contributed by atoms with Gasteiger partial charge in [0.05, 0.1) is 21.3 Å². The minimum absolute atomic E-state index is 0.142. The van der Waals surface area contributed by atoms with Crippen LogP contribution in [0.15, 0.2) is 40.9 Å². The van der Waals surface area contributed by atoms with Gasteiger partial charge in [0.1, 0.15) is 5.56 Å². The molecular formula is C18H17BrO6. The van der Waals surface area contributed by atoms with Crippen LogP contribution in [0.2, 0.25) is 0 Å². The lowest BCUT2D eigenvalue weighted by molar-refractivity contribution is 0.0471. The number of halogens is 1. The summed E-state index contributed by atoms with van der Waals surface area (Å²) in [6.07, 6.45) is 0. The van der Waals surface area contributed by atoms with E-state index in [0.717, 1.165) is 4.47 Å². The maximum absolute atomic E-state index is 12.3. The lowest BCUT2D eigenvalue weighted by atomic mass is 10.1. The normalized spacial score (nSPS) is 10.1. The van der Waals surface area contributed by atoms with Gasteiger partial charge in [-0.25, -0.2) is 4.79 Å². The molecule has 132 valence electrons. The average molecular weight is 409 g/mol. The van der Waals surface area contributed by atoms with E-state index >= 15 is 0 Å². The van der Waals surface area contributed by atoms with E-state index in [0.29, 0.717) is 11.3 Å². The van der Waals surface area contributed by atoms with Crippen molar-refractivity contribution in [3.63, 3.8) is 0 Å². The standard InChI is InChI=1S/C18H17BrO6/c1-22-15-9-8-13(16(23-2)17(15)24-3)18(21)25-10-14(20)11-4-6-12(19)7-5-11/h4-9H,10H2,1-3H3. The molecule has 0 aliphatic heterocycles. The van der Waals surface area contributed by atoms with Crippen LogP contribution in [0, 0.1) is 0 Å². The number of ketones is 1. The predicted molar refractivity (Wildman–Crippen MR) is 94.9 cm³/mol. The number of rotatable bonds is 7. The Labute approximate surface area is 153 Å². The van der Waals surface area contributed by atoms with Crippen LogP contribution in [0.25, 0.3) is 0 Å². The number of carbonyl (C=O) groups is 2. The zero-order valence-electron chi connectivity index (χ0n) is 14.0. The first-order valence-electron chi connectivity index (χ1n) is 7.26. The molecule has 2 aromatic carbocycles. The minimum Gasteiger partial charge on any atom is -0.493 e. The summed E-state index contributed by atoms with van der Waals surface area (Å²) in [4.78, 5) is 24.4. The summed E-state index contributed by atoms with van der Waals surface area (Å²) in [7, 11) is 4.32. The molecule has 0 aliphatic carbocycles. The van der Waals surface area contributed by atoms with Gasteiger partial charge in [-0.3, -0.25) is 4.79 Å². The van der Waals surface area contributed by atoms with Gasteiger partial charge in [-0.15, -0.1) is 0 Å². The lowest BCUT2D eigenvalue weighted by Gasteiger charge is -2.15. The van der Waals surface area contributed by atoms with E-state index in [1.165, 1.54) is 27.4 Å². The molecule has 0 radical (unpaired) electrons. The van der Waals surface area contributed by atoms with E-state index in [2.05, 4.69) is 15.9 Å². The van der Waals surface area contributed by atoms with Crippen LogP contribution in [0.3, 0.4) is 0 Å². The van der Waals surface area contributed by atoms with E-state index in [9.17, 15) is 9.59 Å². The maximum Gasteiger partial charge on any atom is 0.342 e. The predicted octanol–water partition coefficient (Wildman–Crippen LogP) is 3.51. The Kier molecular flexibility index (Phi) is 6.41. The summed E-state index contributed by atoms with van der Waals surface area (Å²) in [5.41, 5.74) is 0.596. The topological polar surface area (TPSA) is 71.1 Å². The van der Waals surface area contributed by atoms with Crippen molar-refractivity contribution in [3.8, 4) is 17.2 Å². The number of esters is 1. The Bertz CT molecular complexity index is 770. The number of hydrogen-bond acceptors (Lipinski definition) is 6. The van der Waals surface area contributed by atoms with Crippen molar-refractivity contribution in [2.75, 3.05) is 27.9 Å². The van der Waals surface area contributed by atoms with Crippen LogP contribution in [-0.4, -0.2) is 39.7 Å². The minimum atomic E-state index is -0.691. The fraction of sp³-hybridized carbons (Fsp3) is 0.222. The van der Waals surface area contributed by atoms with Crippen molar-refractivity contribution in [1.82, 2.24) is 0 Å². The van der Waals surface area contributed by atoms with Gasteiger partial charge >= 0.3 is 5.97 Å². The van der Waals surface area contributed by atoms with Crippen molar-refractivity contribution in [2.45, 2.75) is 0 Å². The molecule has 6 nitrogen and oxygen atoms in total. The van der Waals surface area contributed by atoms with Gasteiger partial charge in [-0.2, -0.15) is 0 Å². The van der Waals surface area contributed by atoms with Crippen LogP contribution in [0.1, 0.15) is 20.7 Å². The van der Waals surface area contributed by atoms with E-state index in [1.807, 2.05) is 0 Å². The van der Waals surface area contributed by atoms with Gasteiger partial charge < -0.3 is 18.9 Å². The zero-order valence-corrected chi connectivity index (χ0v) is 15.6. The second kappa shape index (κ2) is 8.53. The third-order valence-corrected chi connectivity index (χ3v) is 3.95. The van der Waals surface area contributed by atoms with Gasteiger partial charge in [-0.1, -0.05) is 28.1 Å². The first-order valence-corrected chi connectivity index (χ1v) is 8.06. The fourth-order valence-electron chi connectivity index (χ4n) is 2.19. The van der Waals surface area contributed by atoms with E-state index in [1.54, 1.807) is 30.3 Å². The Balaban J connectivity index is 2.15. The number of carbonyl (C=O) groups excluding carboxylic acids is 2. The highest BCUT2D eigenvalue weighted by Crippen LogP contribution is 2.39. The third-order valence-electron chi connectivity index (χ3n) is 3.42. The molecule has 2 rings (SSSR count). The fourth-order valence-corrected chi connectivity index (χ4v) is 2.45. The van der Waals surface area contributed by atoms with E-state index in [4.69, 9.17) is 18.9 Å². The average Bonchev–Trinajstić information content (AvgIpc) is 2.64. The van der Waals surface area contributed by atoms with E-state index in [-0.39, 0.29) is 29.5 Å². The number of benzene rings is 2. The molecule has 7 heteroatoms. The van der Waals surface area contributed by atoms with Gasteiger partial charge in [-0.05, 0) is 24.3 Å². The number of methoxy groups -OCH3 is 3. The number of hydrogen-bond donors (Lipinski definition) is 0. The zero-order chi connectivity index (χ0) is 18.4. The molecule has 0 spiro atoms. The Hall–Kier alpha value is -2.54. The Morgan fingerprint density at radius 1 is 0.880 bits per heavy atom. The summed E-state index contributed by atoms with van der Waals surface area (Å²) in [5, 5.41) is 0. The molecule has 0 unspecified atom stereocenters. The monoisotopic (exact) mass is 408 g/mol. The molecule has 25 heavy (non-hydrogen) atoms. The van der Waals surface area contributed by atoms with Crippen LogP contribution in [0.5, 0.6) is 17.2 Å². The van der Waals surface area contributed by atoms with Crippen molar-refractivity contribution >= 4 is 27.7 Å². The molecule has 0 saturated heterocycles. The highest BCUT2D eigenvalue weighted by molar-refractivity contribution is 9.10. The van der Waals surface area contributed by atoms with Crippen LogP contribution >= 0.6 is 15.9 Å². The molecule has 0 saturated carbocycles. The molecular weight excluding hydrogens is 392 g/mol. The largest absolute Gasteiger partial charge is 0.493 e. The van der Waals surface area contributed by atoms with Crippen molar-refractivity contribution in [1.29, 1.82) is 0 Å². The van der Waals surface area contributed by atoms with Crippen molar-refractivity contribution < 1.29 is 28.5 Å². The van der Waals surface area contributed by atoms with Crippen molar-refractivity contribution in [3.05, 3.63) is 52.0 Å². The quantitative estimate of drug-likeness (QED) is 0.515. The Morgan fingerprint density at radius 3 is 2.08 bits per heavy atom. The smallest absolute Gasteiger partial charge is 0.342 e. The number of ether oxygens (including phenoxy) is 4. The van der Waals surface area contributed by atoms with Crippen LogP contribution in [0.4, 0.5) is 0 Å². The van der Waals surface area contributed by atoms with Gasteiger partial charge in [0, 0.05) is 10.0 Å². The second-order valence-electron chi connectivity index (χ2n) is 4.89. The molecule has 0 bridgehead atoms. The molecule has 0 aromatic heterocycles. The van der Waals surface area contributed by atoms with Crippen LogP contribution < -0.4 is 14.2 Å². The lowest BCUT2D eigenvalue weighted by Crippen LogP contribution is -2.15. The van der Waals surface area contributed by atoms with Gasteiger partial charge in [0.2, 0.25) is 5.75 Å². The number of Topliss-reactive ketones (excluding diaryl/α,β-unsaturated/α-hetero) is 1. The van der Waals surface area contributed by atoms with Crippen molar-refractivity contribution in [2.24, 2.45) is 0 Å². The molecule has 2 aromatic rings. The van der Waals surface area contributed by atoms with Gasteiger partial charge in [0.15, 0.2) is 23.9 Å².